The minimum absolute atomic E-state index is 0.00320. The molecule has 1 aliphatic heterocycles. The molecule has 1 saturated heterocycles. The smallest absolute Gasteiger partial charge is 0.224 e. The van der Waals surface area contributed by atoms with E-state index in [1.165, 1.54) is 0 Å². The molecule has 1 aromatic heterocycles. The number of rotatable bonds is 5. The quantitative estimate of drug-likeness (QED) is 0.635. The molecular formula is C16H26N6O2. The van der Waals surface area contributed by atoms with Gasteiger partial charge in [-0.25, -0.2) is 4.98 Å². The number of ether oxygens (including phenoxy) is 1. The van der Waals surface area contributed by atoms with Crippen molar-refractivity contribution < 1.29 is 9.53 Å². The number of primary amides is 1. The monoisotopic (exact) mass is 334 g/mol. The summed E-state index contributed by atoms with van der Waals surface area (Å²) in [6, 6.07) is 0.593. The lowest BCUT2D eigenvalue weighted by Crippen LogP contribution is -2.33. The molecule has 24 heavy (non-hydrogen) atoms. The minimum Gasteiger partial charge on any atom is -0.394 e. The van der Waals surface area contributed by atoms with Crippen molar-refractivity contribution >= 4 is 23.4 Å². The van der Waals surface area contributed by atoms with Gasteiger partial charge < -0.3 is 26.8 Å². The van der Waals surface area contributed by atoms with Crippen LogP contribution in [0, 0.1) is 5.92 Å². The van der Waals surface area contributed by atoms with Crippen LogP contribution in [-0.4, -0.2) is 41.2 Å². The highest BCUT2D eigenvalue weighted by atomic mass is 16.5. The van der Waals surface area contributed by atoms with Crippen LogP contribution < -0.4 is 22.1 Å². The molecule has 0 bridgehead atoms. The second kappa shape index (κ2) is 7.65. The Kier molecular flexibility index (Phi) is 5.34. The Labute approximate surface area is 141 Å². The normalized spacial score (nSPS) is 25.2. The molecule has 2 heterocycles. The van der Waals surface area contributed by atoms with E-state index in [9.17, 15) is 4.79 Å². The number of nitrogens with zero attached hydrogens (tertiary/aromatic N) is 2. The SMILES string of the molecule is Nc1cnc(NC2CCOCC2)nc1N[C@H]1CC[C@H](C(N)=O)CC1. The number of aromatic nitrogens is 2. The van der Waals surface area contributed by atoms with Gasteiger partial charge in [-0.05, 0) is 38.5 Å². The van der Waals surface area contributed by atoms with Crippen LogP contribution in [0.5, 0.6) is 0 Å². The predicted octanol–water partition coefficient (Wildman–Crippen LogP) is 1.11. The molecule has 1 aromatic rings. The Hall–Kier alpha value is -2.09. The lowest BCUT2D eigenvalue weighted by atomic mass is 9.85. The average Bonchev–Trinajstić information content (AvgIpc) is 2.59. The van der Waals surface area contributed by atoms with Crippen LogP contribution in [0.3, 0.4) is 0 Å². The van der Waals surface area contributed by atoms with Crippen molar-refractivity contribution in [3.63, 3.8) is 0 Å². The van der Waals surface area contributed by atoms with Crippen LogP contribution in [0.25, 0.3) is 0 Å². The third-order valence-corrected chi connectivity index (χ3v) is 4.84. The van der Waals surface area contributed by atoms with Gasteiger partial charge in [0.05, 0.1) is 11.9 Å². The van der Waals surface area contributed by atoms with Crippen LogP contribution in [0.1, 0.15) is 38.5 Å². The Bertz CT molecular complexity index is 568. The first-order valence-electron chi connectivity index (χ1n) is 8.64. The summed E-state index contributed by atoms with van der Waals surface area (Å²) in [5, 5.41) is 6.74. The summed E-state index contributed by atoms with van der Waals surface area (Å²) >= 11 is 0. The molecule has 8 nitrogen and oxygen atoms in total. The van der Waals surface area contributed by atoms with Crippen LogP contribution in [0.2, 0.25) is 0 Å². The number of hydrogen-bond donors (Lipinski definition) is 4. The van der Waals surface area contributed by atoms with Crippen molar-refractivity contribution in [3.8, 4) is 0 Å². The average molecular weight is 334 g/mol. The first-order chi connectivity index (χ1) is 11.6. The second-order valence-corrected chi connectivity index (χ2v) is 6.62. The van der Waals surface area contributed by atoms with E-state index in [1.54, 1.807) is 6.20 Å². The van der Waals surface area contributed by atoms with Crippen LogP contribution in [0.4, 0.5) is 17.5 Å². The fraction of sp³-hybridized carbons (Fsp3) is 0.688. The molecule has 1 aliphatic carbocycles. The molecule has 0 atom stereocenters. The first-order valence-corrected chi connectivity index (χ1v) is 8.64. The molecule has 0 aromatic carbocycles. The van der Waals surface area contributed by atoms with Crippen LogP contribution in [-0.2, 0) is 9.53 Å². The van der Waals surface area contributed by atoms with Crippen molar-refractivity contribution in [3.05, 3.63) is 6.20 Å². The van der Waals surface area contributed by atoms with Gasteiger partial charge in [-0.15, -0.1) is 0 Å². The molecular weight excluding hydrogens is 308 g/mol. The fourth-order valence-corrected chi connectivity index (χ4v) is 3.32. The van der Waals surface area contributed by atoms with Gasteiger partial charge in [0.25, 0.3) is 0 Å². The molecule has 2 aliphatic rings. The van der Waals surface area contributed by atoms with Gasteiger partial charge in [0, 0.05) is 31.2 Å². The highest BCUT2D eigenvalue weighted by Crippen LogP contribution is 2.27. The molecule has 1 saturated carbocycles. The summed E-state index contributed by atoms with van der Waals surface area (Å²) in [5.74, 6) is 1.04. The van der Waals surface area contributed by atoms with E-state index in [-0.39, 0.29) is 17.9 Å². The molecule has 2 fully saturated rings. The molecule has 0 radical (unpaired) electrons. The summed E-state index contributed by atoms with van der Waals surface area (Å²) in [7, 11) is 0. The maximum absolute atomic E-state index is 11.3. The van der Waals surface area contributed by atoms with E-state index < -0.39 is 0 Å². The summed E-state index contributed by atoms with van der Waals surface area (Å²) < 4.78 is 5.36. The van der Waals surface area contributed by atoms with Gasteiger partial charge in [-0.3, -0.25) is 4.79 Å². The third-order valence-electron chi connectivity index (χ3n) is 4.84. The Morgan fingerprint density at radius 2 is 1.75 bits per heavy atom. The molecule has 0 unspecified atom stereocenters. The van der Waals surface area contributed by atoms with Crippen molar-refractivity contribution in [2.24, 2.45) is 11.7 Å². The number of nitrogens with two attached hydrogens (primary N) is 2. The van der Waals surface area contributed by atoms with Crippen molar-refractivity contribution in [1.82, 2.24) is 9.97 Å². The van der Waals surface area contributed by atoms with Crippen LogP contribution >= 0.6 is 0 Å². The lowest BCUT2D eigenvalue weighted by molar-refractivity contribution is -0.122. The standard InChI is InChI=1S/C16H26N6O2/c17-13-9-19-16(21-12-5-7-24-8-6-12)22-15(13)20-11-3-1-10(2-4-11)14(18)23/h9-12H,1-8,17H2,(H2,18,23)(H2,19,20,21,22)/t10-,11-. The zero-order chi connectivity index (χ0) is 16.9. The third kappa shape index (κ3) is 4.25. The zero-order valence-corrected chi connectivity index (χ0v) is 13.8. The maximum Gasteiger partial charge on any atom is 0.224 e. The van der Waals surface area contributed by atoms with E-state index in [1.807, 2.05) is 0 Å². The first kappa shape index (κ1) is 16.8. The van der Waals surface area contributed by atoms with E-state index in [0.717, 1.165) is 51.7 Å². The Balaban J connectivity index is 1.58. The number of anilines is 3. The topological polar surface area (TPSA) is 128 Å². The van der Waals surface area contributed by atoms with Crippen molar-refractivity contribution in [1.29, 1.82) is 0 Å². The van der Waals surface area contributed by atoms with Crippen LogP contribution in [0.15, 0.2) is 6.20 Å². The molecule has 3 rings (SSSR count). The number of amides is 1. The van der Waals surface area contributed by atoms with Gasteiger partial charge in [0.1, 0.15) is 0 Å². The molecule has 8 heteroatoms. The van der Waals surface area contributed by atoms with Gasteiger partial charge in [0.2, 0.25) is 11.9 Å². The van der Waals surface area contributed by atoms with Gasteiger partial charge in [0.15, 0.2) is 5.82 Å². The van der Waals surface area contributed by atoms with Crippen molar-refractivity contribution in [2.75, 3.05) is 29.6 Å². The number of carbonyl (C=O) groups is 1. The number of nitrogen functional groups attached to an aromatic ring is 1. The van der Waals surface area contributed by atoms with E-state index in [4.69, 9.17) is 16.2 Å². The Morgan fingerprint density at radius 3 is 2.42 bits per heavy atom. The predicted molar refractivity (Wildman–Crippen MR) is 92.5 cm³/mol. The minimum atomic E-state index is -0.196. The molecule has 1 amide bonds. The van der Waals surface area contributed by atoms with Crippen molar-refractivity contribution in [2.45, 2.75) is 50.6 Å². The highest BCUT2D eigenvalue weighted by Gasteiger charge is 2.25. The summed E-state index contributed by atoms with van der Waals surface area (Å²) in [4.78, 5) is 20.0. The van der Waals surface area contributed by atoms with Gasteiger partial charge in [-0.2, -0.15) is 4.98 Å². The largest absolute Gasteiger partial charge is 0.394 e. The maximum atomic E-state index is 11.3. The number of carbonyl (C=O) groups excluding carboxylic acids is 1. The molecule has 132 valence electrons. The van der Waals surface area contributed by atoms with Gasteiger partial charge >= 0.3 is 0 Å². The highest BCUT2D eigenvalue weighted by molar-refractivity contribution is 5.76. The van der Waals surface area contributed by atoms with Gasteiger partial charge in [-0.1, -0.05) is 0 Å². The summed E-state index contributed by atoms with van der Waals surface area (Å²) in [5.41, 5.74) is 11.9. The lowest BCUT2D eigenvalue weighted by Gasteiger charge is -2.28. The van der Waals surface area contributed by atoms with E-state index in [2.05, 4.69) is 20.6 Å². The fourth-order valence-electron chi connectivity index (χ4n) is 3.32. The second-order valence-electron chi connectivity index (χ2n) is 6.62. The summed E-state index contributed by atoms with van der Waals surface area (Å²) in [6.45, 7) is 1.53. The number of hydrogen-bond acceptors (Lipinski definition) is 7. The number of nitrogens with one attached hydrogen (secondary N) is 2. The zero-order valence-electron chi connectivity index (χ0n) is 13.8. The molecule has 0 spiro atoms. The van der Waals surface area contributed by atoms with E-state index >= 15 is 0 Å². The summed E-state index contributed by atoms with van der Waals surface area (Å²) in [6.07, 6.45) is 6.93. The van der Waals surface area contributed by atoms with E-state index in [0.29, 0.717) is 23.5 Å². The molecule has 6 N–H and O–H groups in total. The Morgan fingerprint density at radius 1 is 1.08 bits per heavy atom.